The summed E-state index contributed by atoms with van der Waals surface area (Å²) < 4.78 is 1.06. The summed E-state index contributed by atoms with van der Waals surface area (Å²) in [5.41, 5.74) is 2.93. The molecule has 78 valence electrons. The molecule has 1 heterocycles. The van der Waals surface area contributed by atoms with Gasteiger partial charge in [-0.1, -0.05) is 28.1 Å². The Labute approximate surface area is 97.1 Å². The van der Waals surface area contributed by atoms with E-state index in [4.69, 9.17) is 0 Å². The minimum Gasteiger partial charge on any atom is -0.384 e. The van der Waals surface area contributed by atoms with E-state index in [-0.39, 0.29) is 0 Å². The molecule has 2 N–H and O–H groups in total. The van der Waals surface area contributed by atoms with Crippen molar-refractivity contribution in [3.63, 3.8) is 0 Å². The third kappa shape index (κ3) is 2.13. The second kappa shape index (κ2) is 4.21. The maximum Gasteiger partial charge on any atom is 0.106 e. The molecule has 0 bridgehead atoms. The van der Waals surface area contributed by atoms with E-state index >= 15 is 0 Å². The van der Waals surface area contributed by atoms with Crippen LogP contribution in [0.5, 0.6) is 0 Å². The first-order valence-electron chi connectivity index (χ1n) is 4.75. The highest BCUT2D eigenvalue weighted by Crippen LogP contribution is 2.25. The predicted octanol–water partition coefficient (Wildman–Crippen LogP) is 3.17. The number of aliphatic hydroxyl groups excluding tert-OH is 1. The fourth-order valence-electron chi connectivity index (χ4n) is 1.54. The molecule has 0 radical (unpaired) electrons. The Morgan fingerprint density at radius 2 is 2.07 bits per heavy atom. The van der Waals surface area contributed by atoms with Gasteiger partial charge in [-0.25, -0.2) is 0 Å². The summed E-state index contributed by atoms with van der Waals surface area (Å²) >= 11 is 3.44. The molecule has 15 heavy (non-hydrogen) atoms. The van der Waals surface area contributed by atoms with Crippen molar-refractivity contribution in [3.8, 4) is 0 Å². The summed E-state index contributed by atoms with van der Waals surface area (Å²) in [4.78, 5) is 2.94. The summed E-state index contributed by atoms with van der Waals surface area (Å²) in [6.07, 6.45) is 3.06. The van der Waals surface area contributed by atoms with Crippen LogP contribution in [0.1, 0.15) is 22.8 Å². The third-order valence-electron chi connectivity index (χ3n) is 2.44. The van der Waals surface area contributed by atoms with Gasteiger partial charge in [0.05, 0.1) is 0 Å². The topological polar surface area (TPSA) is 36.0 Å². The molecule has 3 heteroatoms. The van der Waals surface area contributed by atoms with E-state index in [2.05, 4.69) is 20.9 Å². The first kappa shape index (κ1) is 10.5. The van der Waals surface area contributed by atoms with Crippen molar-refractivity contribution in [1.82, 2.24) is 4.98 Å². The highest BCUT2D eigenvalue weighted by Gasteiger charge is 2.11. The number of hydrogen-bond acceptors (Lipinski definition) is 1. The first-order chi connectivity index (χ1) is 7.18. The van der Waals surface area contributed by atoms with Crippen LogP contribution in [0.15, 0.2) is 41.1 Å². The maximum absolute atomic E-state index is 10.1. The Morgan fingerprint density at radius 3 is 2.67 bits per heavy atom. The van der Waals surface area contributed by atoms with E-state index in [9.17, 15) is 5.11 Å². The van der Waals surface area contributed by atoms with Crippen LogP contribution in [0.2, 0.25) is 0 Å². The lowest BCUT2D eigenvalue weighted by molar-refractivity contribution is 0.220. The van der Waals surface area contributed by atoms with Crippen molar-refractivity contribution in [2.24, 2.45) is 0 Å². The molecular formula is C12H12BrNO. The van der Waals surface area contributed by atoms with Gasteiger partial charge in [0.15, 0.2) is 0 Å². The average Bonchev–Trinajstić information content (AvgIpc) is 2.74. The van der Waals surface area contributed by atoms with Crippen LogP contribution in [0.25, 0.3) is 0 Å². The van der Waals surface area contributed by atoms with Crippen molar-refractivity contribution in [3.05, 3.63) is 57.8 Å². The van der Waals surface area contributed by atoms with Crippen LogP contribution in [-0.2, 0) is 0 Å². The predicted molar refractivity (Wildman–Crippen MR) is 63.7 cm³/mol. The average molecular weight is 266 g/mol. The molecule has 1 aromatic heterocycles. The normalized spacial score (nSPS) is 12.7. The number of rotatable bonds is 2. The van der Waals surface area contributed by atoms with Gasteiger partial charge >= 0.3 is 0 Å². The zero-order chi connectivity index (χ0) is 10.8. The molecule has 0 aliphatic rings. The molecule has 1 unspecified atom stereocenters. The molecule has 2 nitrogen and oxygen atoms in total. The zero-order valence-corrected chi connectivity index (χ0v) is 9.95. The van der Waals surface area contributed by atoms with E-state index < -0.39 is 6.10 Å². The van der Waals surface area contributed by atoms with Gasteiger partial charge in [0.2, 0.25) is 0 Å². The second-order valence-corrected chi connectivity index (χ2v) is 4.41. The molecule has 0 amide bonds. The smallest absolute Gasteiger partial charge is 0.106 e. The van der Waals surface area contributed by atoms with Crippen molar-refractivity contribution < 1.29 is 5.11 Å². The van der Waals surface area contributed by atoms with Crippen LogP contribution in [-0.4, -0.2) is 10.1 Å². The second-order valence-electron chi connectivity index (χ2n) is 3.56. The Morgan fingerprint density at radius 1 is 1.27 bits per heavy atom. The molecule has 0 spiro atoms. The molecule has 1 atom stereocenters. The van der Waals surface area contributed by atoms with Crippen molar-refractivity contribution >= 4 is 15.9 Å². The number of nitrogens with one attached hydrogen (secondary N) is 1. The quantitative estimate of drug-likeness (QED) is 0.860. The van der Waals surface area contributed by atoms with Gasteiger partial charge < -0.3 is 10.1 Å². The molecule has 0 saturated carbocycles. The van der Waals surface area contributed by atoms with E-state index in [1.807, 2.05) is 43.6 Å². The van der Waals surface area contributed by atoms with E-state index in [0.717, 1.165) is 21.2 Å². The van der Waals surface area contributed by atoms with Gasteiger partial charge in [-0.05, 0) is 30.2 Å². The van der Waals surface area contributed by atoms with Crippen LogP contribution in [0.4, 0.5) is 0 Å². The number of aryl methyl sites for hydroxylation is 1. The van der Waals surface area contributed by atoms with Gasteiger partial charge in [0.1, 0.15) is 6.10 Å². The molecule has 0 saturated heterocycles. The van der Waals surface area contributed by atoms with E-state index in [1.165, 1.54) is 0 Å². The minimum atomic E-state index is -0.553. The van der Waals surface area contributed by atoms with Crippen LogP contribution in [0.3, 0.4) is 0 Å². The number of H-pyrrole nitrogens is 1. The third-order valence-corrected chi connectivity index (χ3v) is 3.33. The number of aliphatic hydroxyl groups is 1. The lowest BCUT2D eigenvalue weighted by atomic mass is 10.0. The Kier molecular flexibility index (Phi) is 2.93. The van der Waals surface area contributed by atoms with Crippen LogP contribution < -0.4 is 0 Å². The fraction of sp³-hybridized carbons (Fsp3) is 0.167. The molecular weight excluding hydrogens is 254 g/mol. The maximum atomic E-state index is 10.1. The molecule has 0 aliphatic heterocycles. The number of aromatic amines is 1. The van der Waals surface area contributed by atoms with Crippen LogP contribution in [0, 0.1) is 6.92 Å². The van der Waals surface area contributed by atoms with Gasteiger partial charge in [0, 0.05) is 22.4 Å². The fourth-order valence-corrected chi connectivity index (χ4v) is 1.78. The SMILES string of the molecule is Cc1cc(C(O)c2cc[nH]c2)ccc1Br. The first-order valence-corrected chi connectivity index (χ1v) is 5.54. The summed E-state index contributed by atoms with van der Waals surface area (Å²) in [6, 6.07) is 7.75. The highest BCUT2D eigenvalue weighted by atomic mass is 79.9. The number of benzene rings is 1. The standard InChI is InChI=1S/C12H12BrNO/c1-8-6-9(2-3-11(8)13)12(15)10-4-5-14-7-10/h2-7,12,14-15H,1H3. The summed E-state index contributed by atoms with van der Waals surface area (Å²) in [5, 5.41) is 10.1. The Balaban J connectivity index is 2.34. The summed E-state index contributed by atoms with van der Waals surface area (Å²) in [7, 11) is 0. The number of aromatic nitrogens is 1. The number of hydrogen-bond donors (Lipinski definition) is 2. The van der Waals surface area contributed by atoms with Crippen molar-refractivity contribution in [1.29, 1.82) is 0 Å². The number of halogens is 1. The summed E-state index contributed by atoms with van der Waals surface area (Å²) in [6.45, 7) is 2.01. The zero-order valence-electron chi connectivity index (χ0n) is 8.37. The highest BCUT2D eigenvalue weighted by molar-refractivity contribution is 9.10. The van der Waals surface area contributed by atoms with E-state index in [0.29, 0.717) is 0 Å². The minimum absolute atomic E-state index is 0.553. The lowest BCUT2D eigenvalue weighted by Gasteiger charge is -2.10. The molecule has 1 aromatic carbocycles. The monoisotopic (exact) mass is 265 g/mol. The molecule has 2 rings (SSSR count). The molecule has 2 aromatic rings. The van der Waals surface area contributed by atoms with Gasteiger partial charge in [-0.15, -0.1) is 0 Å². The largest absolute Gasteiger partial charge is 0.384 e. The Bertz CT molecular complexity index is 451. The van der Waals surface area contributed by atoms with Crippen molar-refractivity contribution in [2.75, 3.05) is 0 Å². The Hall–Kier alpha value is -1.06. The van der Waals surface area contributed by atoms with Gasteiger partial charge in [0.25, 0.3) is 0 Å². The van der Waals surface area contributed by atoms with Gasteiger partial charge in [-0.2, -0.15) is 0 Å². The lowest BCUT2D eigenvalue weighted by Crippen LogP contribution is -1.98. The van der Waals surface area contributed by atoms with Crippen molar-refractivity contribution in [2.45, 2.75) is 13.0 Å². The molecule has 0 aliphatic carbocycles. The molecule has 0 fully saturated rings. The van der Waals surface area contributed by atoms with Gasteiger partial charge in [-0.3, -0.25) is 0 Å². The van der Waals surface area contributed by atoms with E-state index in [1.54, 1.807) is 0 Å². The van der Waals surface area contributed by atoms with Crippen LogP contribution >= 0.6 is 15.9 Å². The summed E-state index contributed by atoms with van der Waals surface area (Å²) in [5.74, 6) is 0.